The Hall–Kier alpha value is -4.20. The average Bonchev–Trinajstić information content (AvgIpc) is 3.58. The summed E-state index contributed by atoms with van der Waals surface area (Å²) in [5.41, 5.74) is 2.51. The zero-order chi connectivity index (χ0) is 29.7. The highest BCUT2D eigenvalue weighted by Gasteiger charge is 2.63. The van der Waals surface area contributed by atoms with Crippen LogP contribution in [0.15, 0.2) is 103 Å². The van der Waals surface area contributed by atoms with Crippen LogP contribution in [-0.4, -0.2) is 45.2 Å². The average molecular weight is 587 g/mol. The highest BCUT2D eigenvalue weighted by Crippen LogP contribution is 2.51. The van der Waals surface area contributed by atoms with E-state index in [0.717, 1.165) is 28.2 Å². The summed E-state index contributed by atoms with van der Waals surface area (Å²) >= 11 is 0. The van der Waals surface area contributed by atoms with Crippen LogP contribution in [0.25, 0.3) is 32.3 Å². The van der Waals surface area contributed by atoms with Crippen molar-refractivity contribution in [3.8, 4) is 11.5 Å². The van der Waals surface area contributed by atoms with E-state index in [1.165, 1.54) is 32.3 Å². The van der Waals surface area contributed by atoms with Gasteiger partial charge in [-0.05, 0) is 73.3 Å². The maximum absolute atomic E-state index is 7.02. The van der Waals surface area contributed by atoms with Gasteiger partial charge in [-0.2, -0.15) is 0 Å². The van der Waals surface area contributed by atoms with E-state index in [4.69, 9.17) is 28.4 Å². The number of hydrogen-bond acceptors (Lipinski definition) is 6. The van der Waals surface area contributed by atoms with Crippen LogP contribution in [0.1, 0.15) is 22.8 Å². The Morgan fingerprint density at radius 3 is 1.98 bits per heavy atom. The first-order chi connectivity index (χ1) is 21.7. The molecule has 0 saturated carbocycles. The maximum Gasteiger partial charge on any atom is 0.144 e. The molecule has 0 radical (unpaired) electrons. The van der Waals surface area contributed by atoms with Gasteiger partial charge in [0.25, 0.3) is 0 Å². The second kappa shape index (κ2) is 11.1. The minimum absolute atomic E-state index is 0.267. The van der Waals surface area contributed by atoms with E-state index in [1.807, 2.05) is 48.5 Å². The first-order valence-electron chi connectivity index (χ1n) is 15.1. The van der Waals surface area contributed by atoms with Crippen LogP contribution in [0.5, 0.6) is 11.5 Å². The zero-order valence-corrected chi connectivity index (χ0v) is 24.8. The molecule has 2 heterocycles. The van der Waals surface area contributed by atoms with E-state index in [0.29, 0.717) is 26.4 Å². The van der Waals surface area contributed by atoms with E-state index in [1.54, 1.807) is 14.2 Å². The molecule has 6 aromatic carbocycles. The first kappa shape index (κ1) is 27.4. The third-order valence-corrected chi connectivity index (χ3v) is 9.23. The quantitative estimate of drug-likeness (QED) is 0.154. The molecule has 0 aliphatic carbocycles. The molecule has 2 aliphatic rings. The van der Waals surface area contributed by atoms with Crippen LogP contribution in [0.4, 0.5) is 0 Å². The van der Waals surface area contributed by atoms with Crippen LogP contribution in [-0.2, 0) is 32.2 Å². The van der Waals surface area contributed by atoms with Crippen LogP contribution < -0.4 is 9.47 Å². The van der Waals surface area contributed by atoms with Gasteiger partial charge in [0, 0.05) is 0 Å². The molecule has 8 rings (SSSR count). The van der Waals surface area contributed by atoms with Crippen molar-refractivity contribution in [2.45, 2.75) is 37.1 Å². The number of fused-ring (bicyclic) bond motifs is 2. The molecule has 2 aliphatic heterocycles. The minimum Gasteiger partial charge on any atom is -0.497 e. The van der Waals surface area contributed by atoms with Gasteiger partial charge >= 0.3 is 0 Å². The molecule has 4 atom stereocenters. The molecular formula is C38H34O6. The fourth-order valence-corrected chi connectivity index (χ4v) is 7.00. The molecule has 0 unspecified atom stereocenters. The van der Waals surface area contributed by atoms with Gasteiger partial charge in [0.15, 0.2) is 0 Å². The molecule has 0 aromatic heterocycles. The van der Waals surface area contributed by atoms with Gasteiger partial charge < -0.3 is 28.4 Å². The molecular weight excluding hydrogens is 552 g/mol. The standard InChI is InChI=1S/C38H34O6/c1-39-29-14-6-24(7-15-29)20-41-22-38-23-43-36(37(38)42-21-25-8-16-30(40-2)17-9-25)35(44-38)32-19-13-28-11-10-26-4-3-5-27-12-18-31(32)34(28)33(26)27/h3-19,35-37H,20-23H2,1-2H3/t35-,36-,37+,38+/m0/s1. The Morgan fingerprint density at radius 1 is 0.682 bits per heavy atom. The fraction of sp³-hybridized carbons (Fsp3) is 0.263. The molecule has 6 nitrogen and oxygen atoms in total. The molecule has 0 spiro atoms. The van der Waals surface area contributed by atoms with Gasteiger partial charge in [0.1, 0.15) is 35.4 Å². The lowest BCUT2D eigenvalue weighted by atomic mass is 9.89. The number of ether oxygens (including phenoxy) is 6. The predicted molar refractivity (Wildman–Crippen MR) is 171 cm³/mol. The Bertz CT molecular complexity index is 1900. The molecule has 6 heteroatoms. The molecule has 222 valence electrons. The lowest BCUT2D eigenvalue weighted by molar-refractivity contribution is -0.175. The van der Waals surface area contributed by atoms with Gasteiger partial charge in [-0.3, -0.25) is 0 Å². The minimum atomic E-state index is -0.738. The normalized spacial score (nSPS) is 22.8. The highest BCUT2D eigenvalue weighted by molar-refractivity contribution is 6.23. The summed E-state index contributed by atoms with van der Waals surface area (Å²) in [6.07, 6.45) is -0.862. The number of benzene rings is 6. The van der Waals surface area contributed by atoms with Crippen LogP contribution in [0.3, 0.4) is 0 Å². The van der Waals surface area contributed by atoms with E-state index < -0.39 is 5.60 Å². The van der Waals surface area contributed by atoms with Crippen LogP contribution in [0, 0.1) is 0 Å². The summed E-state index contributed by atoms with van der Waals surface area (Å²) in [4.78, 5) is 0. The monoisotopic (exact) mass is 586 g/mol. The third-order valence-electron chi connectivity index (χ3n) is 9.23. The number of hydrogen-bond donors (Lipinski definition) is 0. The van der Waals surface area contributed by atoms with Crippen molar-refractivity contribution in [2.75, 3.05) is 27.4 Å². The fourth-order valence-electron chi connectivity index (χ4n) is 7.00. The largest absolute Gasteiger partial charge is 0.497 e. The summed E-state index contributed by atoms with van der Waals surface area (Å²) in [5, 5.41) is 7.46. The SMILES string of the molecule is COc1ccc(COC[C@@]23CO[C@H]([C@H]2OCc2ccc(OC)cc2)[C@H](c2ccc4ccc5cccc6ccc2c4c56)O3)cc1. The van der Waals surface area contributed by atoms with Crippen molar-refractivity contribution in [3.05, 3.63) is 120 Å². The molecule has 0 amide bonds. The predicted octanol–water partition coefficient (Wildman–Crippen LogP) is 7.61. The first-order valence-corrected chi connectivity index (χ1v) is 15.1. The van der Waals surface area contributed by atoms with Gasteiger partial charge in [-0.25, -0.2) is 0 Å². The number of rotatable bonds is 10. The smallest absolute Gasteiger partial charge is 0.144 e. The Balaban J connectivity index is 1.12. The molecule has 6 aromatic rings. The van der Waals surface area contributed by atoms with Gasteiger partial charge in [0.2, 0.25) is 0 Å². The molecule has 0 N–H and O–H groups in total. The second-order valence-electron chi connectivity index (χ2n) is 11.8. The summed E-state index contributed by atoms with van der Waals surface area (Å²) in [6.45, 7) is 1.65. The van der Waals surface area contributed by atoms with E-state index in [-0.39, 0.29) is 18.3 Å². The molecule has 2 bridgehead atoms. The molecule has 44 heavy (non-hydrogen) atoms. The van der Waals surface area contributed by atoms with Crippen molar-refractivity contribution in [3.63, 3.8) is 0 Å². The van der Waals surface area contributed by atoms with E-state index in [2.05, 4.69) is 54.6 Å². The number of methoxy groups -OCH3 is 2. The van der Waals surface area contributed by atoms with E-state index in [9.17, 15) is 0 Å². The van der Waals surface area contributed by atoms with Crippen molar-refractivity contribution >= 4 is 32.3 Å². The Labute approximate surface area is 256 Å². The van der Waals surface area contributed by atoms with Crippen molar-refractivity contribution < 1.29 is 28.4 Å². The lowest BCUT2D eigenvalue weighted by Crippen LogP contribution is -2.46. The molecule has 2 fully saturated rings. The Morgan fingerprint density at radius 2 is 1.30 bits per heavy atom. The van der Waals surface area contributed by atoms with Gasteiger partial charge in [0.05, 0.1) is 40.6 Å². The summed E-state index contributed by atoms with van der Waals surface area (Å²) < 4.78 is 37.2. The van der Waals surface area contributed by atoms with Gasteiger partial charge in [-0.15, -0.1) is 0 Å². The molecule has 2 saturated heterocycles. The summed E-state index contributed by atoms with van der Waals surface area (Å²) in [5.74, 6) is 1.64. The second-order valence-corrected chi connectivity index (χ2v) is 11.8. The third kappa shape index (κ3) is 4.57. The highest BCUT2D eigenvalue weighted by atomic mass is 16.7. The maximum atomic E-state index is 7.02. The zero-order valence-electron chi connectivity index (χ0n) is 24.8. The van der Waals surface area contributed by atoms with Crippen molar-refractivity contribution in [1.82, 2.24) is 0 Å². The van der Waals surface area contributed by atoms with E-state index >= 15 is 0 Å². The van der Waals surface area contributed by atoms with Crippen LogP contribution in [0.2, 0.25) is 0 Å². The summed E-state index contributed by atoms with van der Waals surface area (Å²) in [7, 11) is 3.34. The van der Waals surface area contributed by atoms with Gasteiger partial charge in [-0.1, -0.05) is 78.9 Å². The van der Waals surface area contributed by atoms with Crippen LogP contribution >= 0.6 is 0 Å². The summed E-state index contributed by atoms with van der Waals surface area (Å²) in [6, 6.07) is 35.7. The lowest BCUT2D eigenvalue weighted by Gasteiger charge is -2.32. The van der Waals surface area contributed by atoms with Crippen molar-refractivity contribution in [1.29, 1.82) is 0 Å². The topological polar surface area (TPSA) is 55.4 Å². The van der Waals surface area contributed by atoms with Crippen molar-refractivity contribution in [2.24, 2.45) is 0 Å². The Kier molecular flexibility index (Phi) is 6.88.